The van der Waals surface area contributed by atoms with E-state index in [1.54, 1.807) is 6.07 Å². The third-order valence-electron chi connectivity index (χ3n) is 4.83. The Morgan fingerprint density at radius 1 is 1.23 bits per heavy atom. The number of carbonyl (C=O) groups is 1. The van der Waals surface area contributed by atoms with Gasteiger partial charge in [-0.15, -0.1) is 0 Å². The van der Waals surface area contributed by atoms with Crippen molar-refractivity contribution in [2.75, 3.05) is 0 Å². The number of hydrogen-bond acceptors (Lipinski definition) is 5. The van der Waals surface area contributed by atoms with Gasteiger partial charge in [-0.1, -0.05) is 54.8 Å². The number of carbonyl (C=O) groups excluding carboxylic acids is 1. The maximum absolute atomic E-state index is 12.6. The van der Waals surface area contributed by atoms with E-state index in [0.717, 1.165) is 31.2 Å². The highest BCUT2D eigenvalue weighted by Crippen LogP contribution is 2.21. The molecule has 1 atom stereocenters. The minimum atomic E-state index is -3.68. The summed E-state index contributed by atoms with van der Waals surface area (Å²) in [6.45, 7) is 1.43. The van der Waals surface area contributed by atoms with Gasteiger partial charge in [0.1, 0.15) is 16.7 Å². The molecule has 1 fully saturated rings. The molecule has 1 aliphatic rings. The lowest BCUT2D eigenvalue weighted by molar-refractivity contribution is -0.121. The normalized spacial score (nSPS) is 17.0. The van der Waals surface area contributed by atoms with Gasteiger partial charge in [0.15, 0.2) is 15.6 Å². The quantitative estimate of drug-likeness (QED) is 0.837. The Hall–Kier alpha value is -2.15. The highest BCUT2D eigenvalue weighted by Gasteiger charge is 2.31. The molecule has 6 nitrogen and oxygen atoms in total. The molecule has 1 heterocycles. The third-order valence-corrected chi connectivity index (χ3v) is 6.81. The predicted molar refractivity (Wildman–Crippen MR) is 99.0 cm³/mol. The van der Waals surface area contributed by atoms with Gasteiger partial charge in [-0.2, -0.15) is 0 Å². The van der Waals surface area contributed by atoms with Crippen molar-refractivity contribution in [2.45, 2.75) is 56.1 Å². The first-order chi connectivity index (χ1) is 12.5. The number of amides is 1. The summed E-state index contributed by atoms with van der Waals surface area (Å²) in [5.74, 6) is -0.535. The van der Waals surface area contributed by atoms with Crippen LogP contribution in [0.3, 0.4) is 0 Å². The van der Waals surface area contributed by atoms with E-state index < -0.39 is 21.0 Å². The van der Waals surface area contributed by atoms with Crippen LogP contribution < -0.4 is 5.32 Å². The molecule has 1 amide bonds. The largest absolute Gasteiger partial charge is 0.360 e. The number of hydrogen-bond donors (Lipinski definition) is 1. The fraction of sp³-hybridized carbons (Fsp3) is 0.474. The molecule has 1 N–H and O–H groups in total. The van der Waals surface area contributed by atoms with E-state index in [2.05, 4.69) is 10.5 Å². The number of aromatic nitrogens is 1. The van der Waals surface area contributed by atoms with Crippen LogP contribution in [0.1, 0.15) is 44.8 Å². The standard InChI is InChI=1S/C19H24N2O4S/c1-14(19(22)20-16-10-6-3-7-11-16)26(23,24)13-17-12-18(21-25-17)15-8-4-2-5-9-15/h2,4-5,8-9,12,14,16H,3,6-7,10-11,13H2,1H3,(H,20,22)/t14-/m0/s1. The lowest BCUT2D eigenvalue weighted by atomic mass is 9.95. The molecule has 0 spiro atoms. The number of nitrogens with one attached hydrogen (secondary N) is 1. The molecule has 1 aromatic heterocycles. The predicted octanol–water partition coefficient (Wildman–Crippen LogP) is 3.09. The van der Waals surface area contributed by atoms with Gasteiger partial charge in [0.2, 0.25) is 5.91 Å². The average Bonchev–Trinajstić information content (AvgIpc) is 3.10. The number of sulfone groups is 1. The van der Waals surface area contributed by atoms with Crippen LogP contribution in [0.15, 0.2) is 40.9 Å². The van der Waals surface area contributed by atoms with Crippen molar-refractivity contribution in [1.82, 2.24) is 10.5 Å². The molecule has 0 radical (unpaired) electrons. The highest BCUT2D eigenvalue weighted by molar-refractivity contribution is 7.92. The smallest absolute Gasteiger partial charge is 0.238 e. The average molecular weight is 376 g/mol. The van der Waals surface area contributed by atoms with Crippen molar-refractivity contribution in [2.24, 2.45) is 0 Å². The van der Waals surface area contributed by atoms with E-state index in [0.29, 0.717) is 5.69 Å². The Morgan fingerprint density at radius 3 is 2.62 bits per heavy atom. The first kappa shape index (κ1) is 18.6. The second-order valence-corrected chi connectivity index (χ2v) is 9.16. The van der Waals surface area contributed by atoms with Gasteiger partial charge < -0.3 is 9.84 Å². The summed E-state index contributed by atoms with van der Waals surface area (Å²) >= 11 is 0. The molecule has 26 heavy (non-hydrogen) atoms. The molecule has 0 aliphatic heterocycles. The van der Waals surface area contributed by atoms with Crippen LogP contribution in [0.2, 0.25) is 0 Å². The molecule has 7 heteroatoms. The van der Waals surface area contributed by atoms with Crippen LogP contribution in [0, 0.1) is 0 Å². The Bertz CT molecular complexity index is 839. The topological polar surface area (TPSA) is 89.3 Å². The van der Waals surface area contributed by atoms with E-state index in [9.17, 15) is 13.2 Å². The van der Waals surface area contributed by atoms with E-state index in [1.807, 2.05) is 30.3 Å². The summed E-state index contributed by atoms with van der Waals surface area (Å²) in [6, 6.07) is 11.1. The summed E-state index contributed by atoms with van der Waals surface area (Å²) in [7, 11) is -3.68. The molecule has 1 saturated carbocycles. The Balaban J connectivity index is 1.64. The van der Waals surface area contributed by atoms with Crippen molar-refractivity contribution in [3.8, 4) is 11.3 Å². The fourth-order valence-electron chi connectivity index (χ4n) is 3.18. The van der Waals surface area contributed by atoms with E-state index in [1.165, 1.54) is 13.3 Å². The van der Waals surface area contributed by atoms with Gasteiger partial charge in [-0.05, 0) is 19.8 Å². The molecule has 1 aliphatic carbocycles. The molecule has 1 aromatic carbocycles. The van der Waals surface area contributed by atoms with Gasteiger partial charge >= 0.3 is 0 Å². The lowest BCUT2D eigenvalue weighted by Crippen LogP contribution is -2.44. The van der Waals surface area contributed by atoms with E-state index in [-0.39, 0.29) is 17.6 Å². The molecule has 0 saturated heterocycles. The summed E-state index contributed by atoms with van der Waals surface area (Å²) in [4.78, 5) is 12.3. The Labute approximate surface area is 153 Å². The number of benzene rings is 1. The van der Waals surface area contributed by atoms with Gasteiger partial charge in [-0.25, -0.2) is 8.42 Å². The molecular formula is C19H24N2O4S. The van der Waals surface area contributed by atoms with Crippen molar-refractivity contribution in [3.05, 3.63) is 42.2 Å². The second kappa shape index (κ2) is 8.03. The Kier molecular flexibility index (Phi) is 5.76. The van der Waals surface area contributed by atoms with Crippen molar-refractivity contribution in [3.63, 3.8) is 0 Å². The van der Waals surface area contributed by atoms with Crippen LogP contribution in [0.5, 0.6) is 0 Å². The summed E-state index contributed by atoms with van der Waals surface area (Å²) in [6.07, 6.45) is 5.16. The maximum atomic E-state index is 12.6. The van der Waals surface area contributed by atoms with Crippen LogP contribution in [0.25, 0.3) is 11.3 Å². The Morgan fingerprint density at radius 2 is 1.92 bits per heavy atom. The van der Waals surface area contributed by atoms with Crippen LogP contribution in [0.4, 0.5) is 0 Å². The maximum Gasteiger partial charge on any atom is 0.238 e. The molecule has 3 rings (SSSR count). The molecule has 140 valence electrons. The summed E-state index contributed by atoms with van der Waals surface area (Å²) in [5.41, 5.74) is 1.43. The zero-order valence-corrected chi connectivity index (χ0v) is 15.7. The zero-order chi connectivity index (χ0) is 18.6. The summed E-state index contributed by atoms with van der Waals surface area (Å²) < 4.78 is 30.3. The van der Waals surface area contributed by atoms with Gasteiger partial charge in [0.25, 0.3) is 0 Å². The third kappa shape index (κ3) is 4.52. The summed E-state index contributed by atoms with van der Waals surface area (Å²) in [5, 5.41) is 5.69. The highest BCUT2D eigenvalue weighted by atomic mass is 32.2. The van der Waals surface area contributed by atoms with Crippen molar-refractivity contribution in [1.29, 1.82) is 0 Å². The second-order valence-electron chi connectivity index (χ2n) is 6.84. The minimum absolute atomic E-state index is 0.0869. The first-order valence-electron chi connectivity index (χ1n) is 8.98. The van der Waals surface area contributed by atoms with Gasteiger partial charge in [0.05, 0.1) is 0 Å². The zero-order valence-electron chi connectivity index (χ0n) is 14.8. The van der Waals surface area contributed by atoms with Crippen molar-refractivity contribution >= 4 is 15.7 Å². The van der Waals surface area contributed by atoms with Gasteiger partial charge in [-0.3, -0.25) is 4.79 Å². The van der Waals surface area contributed by atoms with E-state index in [4.69, 9.17) is 4.52 Å². The SMILES string of the molecule is C[C@@H](C(=O)NC1CCCCC1)S(=O)(=O)Cc1cc(-c2ccccc2)no1. The monoisotopic (exact) mass is 376 g/mol. The molecule has 2 aromatic rings. The molecule has 0 bridgehead atoms. The number of nitrogens with zero attached hydrogens (tertiary/aromatic N) is 1. The number of rotatable bonds is 6. The van der Waals surface area contributed by atoms with Gasteiger partial charge in [0, 0.05) is 17.7 Å². The minimum Gasteiger partial charge on any atom is -0.360 e. The van der Waals surface area contributed by atoms with Crippen LogP contribution in [-0.2, 0) is 20.4 Å². The van der Waals surface area contributed by atoms with Crippen LogP contribution >= 0.6 is 0 Å². The van der Waals surface area contributed by atoms with Crippen molar-refractivity contribution < 1.29 is 17.7 Å². The van der Waals surface area contributed by atoms with Crippen LogP contribution in [-0.4, -0.2) is 30.8 Å². The molecular weight excluding hydrogens is 352 g/mol. The lowest BCUT2D eigenvalue weighted by Gasteiger charge is -2.24. The molecule has 0 unspecified atom stereocenters. The first-order valence-corrected chi connectivity index (χ1v) is 10.7. The fourth-order valence-corrected chi connectivity index (χ4v) is 4.35. The van der Waals surface area contributed by atoms with E-state index >= 15 is 0 Å².